The van der Waals surface area contributed by atoms with Gasteiger partial charge in [0.15, 0.2) is 0 Å². The molecule has 0 fully saturated rings. The number of pyridine rings is 1. The van der Waals surface area contributed by atoms with Gasteiger partial charge < -0.3 is 0 Å². The van der Waals surface area contributed by atoms with E-state index in [2.05, 4.69) is 4.98 Å². The van der Waals surface area contributed by atoms with Crippen LogP contribution in [0.1, 0.15) is 11.3 Å². The molecule has 1 aromatic heterocycles. The van der Waals surface area contributed by atoms with Crippen LogP contribution in [0.5, 0.6) is 0 Å². The van der Waals surface area contributed by atoms with Crippen LogP contribution < -0.4 is 0 Å². The third kappa shape index (κ3) is 2.93. The molecule has 0 amide bonds. The summed E-state index contributed by atoms with van der Waals surface area (Å²) < 4.78 is 0. The summed E-state index contributed by atoms with van der Waals surface area (Å²) in [4.78, 5) is 4.20. The van der Waals surface area contributed by atoms with Crippen LogP contribution in [0, 0.1) is 0 Å². The summed E-state index contributed by atoms with van der Waals surface area (Å²) in [5.41, 5.74) is 2.07. The van der Waals surface area contributed by atoms with Crippen LogP contribution in [0.15, 0.2) is 48.7 Å². The van der Waals surface area contributed by atoms with E-state index >= 15 is 0 Å². The van der Waals surface area contributed by atoms with Crippen LogP contribution in [0.2, 0.25) is 5.02 Å². The van der Waals surface area contributed by atoms with Gasteiger partial charge >= 0.3 is 0 Å². The molecule has 1 nitrogen and oxygen atoms in total. The molecule has 0 N–H and O–H groups in total. The van der Waals surface area contributed by atoms with Crippen LogP contribution in [-0.2, 0) is 0 Å². The molecule has 0 radical (unpaired) electrons. The Morgan fingerprint density at radius 3 is 2.40 bits per heavy atom. The van der Waals surface area contributed by atoms with Crippen LogP contribution in [0.3, 0.4) is 0 Å². The van der Waals surface area contributed by atoms with E-state index in [4.69, 9.17) is 11.6 Å². The average molecular weight is 216 g/mol. The molecule has 1 heterocycles. The molecule has 2 heteroatoms. The van der Waals surface area contributed by atoms with E-state index in [9.17, 15) is 0 Å². The third-order valence-corrected chi connectivity index (χ3v) is 2.26. The number of benzene rings is 1. The molecule has 0 saturated carbocycles. The molecule has 0 bridgehead atoms. The van der Waals surface area contributed by atoms with E-state index in [0.29, 0.717) is 0 Å². The predicted molar refractivity (Wildman–Crippen MR) is 64.6 cm³/mol. The van der Waals surface area contributed by atoms with Crippen molar-refractivity contribution in [2.45, 2.75) is 0 Å². The third-order valence-electron chi connectivity index (χ3n) is 2.00. The smallest absolute Gasteiger partial charge is 0.0629 e. The maximum Gasteiger partial charge on any atom is 0.0629 e. The summed E-state index contributed by atoms with van der Waals surface area (Å²) in [6, 6.07) is 13.5. The number of hydrogen-bond donors (Lipinski definition) is 0. The monoisotopic (exact) mass is 215 g/mol. The predicted octanol–water partition coefficient (Wildman–Crippen LogP) is 3.91. The molecule has 0 aliphatic rings. The van der Waals surface area contributed by atoms with Crippen molar-refractivity contribution in [1.82, 2.24) is 4.98 Å². The molecule has 2 rings (SSSR count). The minimum Gasteiger partial charge on any atom is -0.257 e. The van der Waals surface area contributed by atoms with Crippen molar-refractivity contribution < 1.29 is 0 Å². The van der Waals surface area contributed by atoms with Gasteiger partial charge in [-0.2, -0.15) is 0 Å². The first-order chi connectivity index (χ1) is 7.34. The van der Waals surface area contributed by atoms with Crippen molar-refractivity contribution >= 4 is 23.8 Å². The Kier molecular flexibility index (Phi) is 3.15. The van der Waals surface area contributed by atoms with E-state index in [1.807, 2.05) is 54.6 Å². The van der Waals surface area contributed by atoms with Gasteiger partial charge in [0.05, 0.1) is 5.69 Å². The summed E-state index contributed by atoms with van der Waals surface area (Å²) in [6.07, 6.45) is 5.77. The molecule has 0 aliphatic carbocycles. The first-order valence-corrected chi connectivity index (χ1v) is 5.07. The lowest BCUT2D eigenvalue weighted by molar-refractivity contribution is 1.30. The van der Waals surface area contributed by atoms with Crippen molar-refractivity contribution in [2.24, 2.45) is 0 Å². The van der Waals surface area contributed by atoms with Gasteiger partial charge in [-0.25, -0.2) is 0 Å². The SMILES string of the molecule is Clc1ccc(/C=C/c2ccccn2)cc1. The highest BCUT2D eigenvalue weighted by Gasteiger charge is 1.88. The number of halogens is 1. The van der Waals surface area contributed by atoms with Crippen molar-refractivity contribution in [2.75, 3.05) is 0 Å². The molecule has 0 spiro atoms. The Morgan fingerprint density at radius 1 is 0.933 bits per heavy atom. The Balaban J connectivity index is 2.15. The first kappa shape index (κ1) is 9.94. The van der Waals surface area contributed by atoms with Gasteiger partial charge in [0.1, 0.15) is 0 Å². The molecular formula is C13H10ClN. The second-order valence-electron chi connectivity index (χ2n) is 3.14. The second kappa shape index (κ2) is 4.76. The van der Waals surface area contributed by atoms with Crippen LogP contribution in [-0.4, -0.2) is 4.98 Å². The molecule has 15 heavy (non-hydrogen) atoms. The quantitative estimate of drug-likeness (QED) is 0.740. The highest BCUT2D eigenvalue weighted by atomic mass is 35.5. The fraction of sp³-hybridized carbons (Fsp3) is 0. The van der Waals surface area contributed by atoms with Gasteiger partial charge in [0.25, 0.3) is 0 Å². The lowest BCUT2D eigenvalue weighted by Crippen LogP contribution is -1.76. The maximum absolute atomic E-state index is 5.79. The number of aromatic nitrogens is 1. The Labute approximate surface area is 94.1 Å². The zero-order valence-corrected chi connectivity index (χ0v) is 8.85. The van der Waals surface area contributed by atoms with Gasteiger partial charge in [-0.05, 0) is 35.9 Å². The van der Waals surface area contributed by atoms with Gasteiger partial charge in [-0.3, -0.25) is 4.98 Å². The number of rotatable bonds is 2. The minimum absolute atomic E-state index is 0.755. The minimum atomic E-state index is 0.755. The molecule has 0 atom stereocenters. The fourth-order valence-electron chi connectivity index (χ4n) is 1.23. The second-order valence-corrected chi connectivity index (χ2v) is 3.58. The average Bonchev–Trinajstić information content (AvgIpc) is 2.30. The van der Waals surface area contributed by atoms with Crippen LogP contribution >= 0.6 is 11.6 Å². The van der Waals surface area contributed by atoms with Crippen molar-refractivity contribution in [3.63, 3.8) is 0 Å². The zero-order valence-electron chi connectivity index (χ0n) is 8.10. The van der Waals surface area contributed by atoms with Crippen LogP contribution in [0.4, 0.5) is 0 Å². The summed E-state index contributed by atoms with van der Waals surface area (Å²) >= 11 is 5.79. The maximum atomic E-state index is 5.79. The van der Waals surface area contributed by atoms with Crippen LogP contribution in [0.25, 0.3) is 12.2 Å². The summed E-state index contributed by atoms with van der Waals surface area (Å²) in [6.45, 7) is 0. The molecule has 0 saturated heterocycles. The first-order valence-electron chi connectivity index (χ1n) is 4.69. The van der Waals surface area contributed by atoms with Gasteiger partial charge in [-0.1, -0.05) is 35.9 Å². The fourth-order valence-corrected chi connectivity index (χ4v) is 1.36. The topological polar surface area (TPSA) is 12.9 Å². The van der Waals surface area contributed by atoms with Gasteiger partial charge in [0.2, 0.25) is 0 Å². The highest BCUT2D eigenvalue weighted by molar-refractivity contribution is 6.30. The van der Waals surface area contributed by atoms with Crippen molar-refractivity contribution in [3.8, 4) is 0 Å². The summed E-state index contributed by atoms with van der Waals surface area (Å²) in [5.74, 6) is 0. The summed E-state index contributed by atoms with van der Waals surface area (Å²) in [7, 11) is 0. The molecule has 2 aromatic rings. The highest BCUT2D eigenvalue weighted by Crippen LogP contribution is 2.11. The van der Waals surface area contributed by atoms with E-state index in [1.54, 1.807) is 6.20 Å². The molecule has 74 valence electrons. The van der Waals surface area contributed by atoms with E-state index in [1.165, 1.54) is 0 Å². The van der Waals surface area contributed by atoms with Crippen molar-refractivity contribution in [1.29, 1.82) is 0 Å². The molecule has 0 unspecified atom stereocenters. The normalized spacial score (nSPS) is 10.7. The van der Waals surface area contributed by atoms with Crippen molar-refractivity contribution in [3.05, 3.63) is 64.9 Å². The van der Waals surface area contributed by atoms with E-state index in [0.717, 1.165) is 16.3 Å². The molecule has 1 aromatic carbocycles. The molecule has 0 aliphatic heterocycles. The standard InChI is InChI=1S/C13H10ClN/c14-12-7-4-11(5-8-12)6-9-13-3-1-2-10-15-13/h1-10H/b9-6+. The van der Waals surface area contributed by atoms with E-state index in [-0.39, 0.29) is 0 Å². The number of hydrogen-bond acceptors (Lipinski definition) is 1. The lowest BCUT2D eigenvalue weighted by Gasteiger charge is -1.93. The number of nitrogens with zero attached hydrogens (tertiary/aromatic N) is 1. The van der Waals surface area contributed by atoms with E-state index < -0.39 is 0 Å². The Bertz CT molecular complexity index is 446. The Hall–Kier alpha value is -1.60. The van der Waals surface area contributed by atoms with Gasteiger partial charge in [-0.15, -0.1) is 0 Å². The molecular weight excluding hydrogens is 206 g/mol. The Morgan fingerprint density at radius 2 is 1.73 bits per heavy atom. The summed E-state index contributed by atoms with van der Waals surface area (Å²) in [5, 5.41) is 0.755. The lowest BCUT2D eigenvalue weighted by atomic mass is 10.2. The zero-order chi connectivity index (χ0) is 10.5. The van der Waals surface area contributed by atoms with Gasteiger partial charge in [0, 0.05) is 11.2 Å². The largest absolute Gasteiger partial charge is 0.257 e.